The standard InChI is InChI=1S/C20H15N3S/c1-24-20-21-13-16-12-17(14-8-4-2-5-9-14)18(22-19(16)23-20)15-10-6-3-7-11-15/h2-13H,1H3. The Bertz CT molecular complexity index is 986. The lowest BCUT2D eigenvalue weighted by Gasteiger charge is -2.11. The molecule has 0 aliphatic carbocycles. The lowest BCUT2D eigenvalue weighted by atomic mass is 9.98. The molecular weight excluding hydrogens is 314 g/mol. The summed E-state index contributed by atoms with van der Waals surface area (Å²) in [7, 11) is 0. The van der Waals surface area contributed by atoms with Crippen LogP contribution in [0.1, 0.15) is 0 Å². The molecule has 3 nitrogen and oxygen atoms in total. The van der Waals surface area contributed by atoms with E-state index in [0.717, 1.165) is 38.6 Å². The van der Waals surface area contributed by atoms with Gasteiger partial charge in [0.15, 0.2) is 10.8 Å². The molecule has 4 heteroatoms. The first kappa shape index (κ1) is 14.8. The zero-order chi connectivity index (χ0) is 16.4. The Balaban J connectivity index is 2.02. The molecule has 0 saturated carbocycles. The fourth-order valence-corrected chi connectivity index (χ4v) is 3.04. The van der Waals surface area contributed by atoms with Gasteiger partial charge < -0.3 is 0 Å². The highest BCUT2D eigenvalue weighted by atomic mass is 32.2. The van der Waals surface area contributed by atoms with E-state index in [-0.39, 0.29) is 0 Å². The van der Waals surface area contributed by atoms with Crippen LogP contribution in [0.25, 0.3) is 33.4 Å². The van der Waals surface area contributed by atoms with E-state index in [4.69, 9.17) is 4.98 Å². The predicted molar refractivity (Wildman–Crippen MR) is 100.0 cm³/mol. The summed E-state index contributed by atoms with van der Waals surface area (Å²) < 4.78 is 0. The monoisotopic (exact) mass is 329 g/mol. The maximum absolute atomic E-state index is 4.87. The normalized spacial score (nSPS) is 10.9. The van der Waals surface area contributed by atoms with Gasteiger partial charge in [0, 0.05) is 22.7 Å². The van der Waals surface area contributed by atoms with E-state index in [1.54, 1.807) is 0 Å². The van der Waals surface area contributed by atoms with Gasteiger partial charge >= 0.3 is 0 Å². The quantitative estimate of drug-likeness (QED) is 0.388. The van der Waals surface area contributed by atoms with Gasteiger partial charge in [-0.15, -0.1) is 0 Å². The van der Waals surface area contributed by atoms with Crippen molar-refractivity contribution < 1.29 is 0 Å². The number of fused-ring (bicyclic) bond motifs is 1. The molecule has 2 heterocycles. The Morgan fingerprint density at radius 1 is 0.792 bits per heavy atom. The number of hydrogen-bond acceptors (Lipinski definition) is 4. The molecule has 0 atom stereocenters. The molecule has 0 unspecified atom stereocenters. The molecule has 0 radical (unpaired) electrons. The van der Waals surface area contributed by atoms with Gasteiger partial charge in [-0.2, -0.15) is 0 Å². The highest BCUT2D eigenvalue weighted by Gasteiger charge is 2.12. The number of hydrogen-bond donors (Lipinski definition) is 0. The minimum absolute atomic E-state index is 0.730. The first-order valence-electron chi connectivity index (χ1n) is 7.68. The lowest BCUT2D eigenvalue weighted by molar-refractivity contribution is 0.993. The second kappa shape index (κ2) is 6.42. The third-order valence-corrected chi connectivity index (χ3v) is 4.42. The number of aromatic nitrogens is 3. The third-order valence-electron chi connectivity index (χ3n) is 3.86. The van der Waals surface area contributed by atoms with E-state index in [9.17, 15) is 0 Å². The van der Waals surface area contributed by atoms with Crippen LogP contribution in [0.5, 0.6) is 0 Å². The van der Waals surface area contributed by atoms with E-state index in [1.807, 2.05) is 48.9 Å². The molecule has 24 heavy (non-hydrogen) atoms. The van der Waals surface area contributed by atoms with Gasteiger partial charge in [-0.25, -0.2) is 15.0 Å². The maximum Gasteiger partial charge on any atom is 0.189 e. The second-order valence-corrected chi connectivity index (χ2v) is 6.16. The van der Waals surface area contributed by atoms with Crippen molar-refractivity contribution in [3.63, 3.8) is 0 Å². The Hall–Kier alpha value is -2.72. The Kier molecular flexibility index (Phi) is 3.97. The minimum atomic E-state index is 0.730. The molecule has 116 valence electrons. The van der Waals surface area contributed by atoms with Crippen LogP contribution < -0.4 is 0 Å². The van der Waals surface area contributed by atoms with E-state index in [1.165, 1.54) is 11.8 Å². The van der Waals surface area contributed by atoms with Gasteiger partial charge in [-0.1, -0.05) is 72.4 Å². The van der Waals surface area contributed by atoms with Crippen LogP contribution in [0.2, 0.25) is 0 Å². The molecule has 2 aromatic carbocycles. The molecule has 0 spiro atoms. The molecule has 0 fully saturated rings. The minimum Gasteiger partial charge on any atom is -0.230 e. The molecule has 0 N–H and O–H groups in total. The van der Waals surface area contributed by atoms with Crippen molar-refractivity contribution in [3.05, 3.63) is 72.9 Å². The third kappa shape index (κ3) is 2.76. The van der Waals surface area contributed by atoms with Gasteiger partial charge in [0.05, 0.1) is 5.69 Å². The first-order valence-corrected chi connectivity index (χ1v) is 8.90. The van der Waals surface area contributed by atoms with Gasteiger partial charge in [0.1, 0.15) is 0 Å². The topological polar surface area (TPSA) is 38.7 Å². The molecule has 0 aliphatic rings. The Morgan fingerprint density at radius 3 is 2.12 bits per heavy atom. The molecule has 4 aromatic rings. The summed E-state index contributed by atoms with van der Waals surface area (Å²) in [6.07, 6.45) is 3.82. The van der Waals surface area contributed by atoms with E-state index in [2.05, 4.69) is 40.3 Å². The highest BCUT2D eigenvalue weighted by Crippen LogP contribution is 2.32. The fraction of sp³-hybridized carbons (Fsp3) is 0.0500. The fourth-order valence-electron chi connectivity index (χ4n) is 2.70. The molecule has 0 aliphatic heterocycles. The van der Waals surface area contributed by atoms with E-state index in [0.29, 0.717) is 0 Å². The molecule has 0 saturated heterocycles. The van der Waals surface area contributed by atoms with Gasteiger partial charge in [0.2, 0.25) is 0 Å². The first-order chi connectivity index (χ1) is 11.8. The number of rotatable bonds is 3. The number of nitrogens with zero attached hydrogens (tertiary/aromatic N) is 3. The molecule has 2 aromatic heterocycles. The SMILES string of the molecule is CSc1ncc2cc(-c3ccccc3)c(-c3ccccc3)nc2n1. The van der Waals surface area contributed by atoms with Gasteiger partial charge in [-0.3, -0.25) is 0 Å². The van der Waals surface area contributed by atoms with E-state index < -0.39 is 0 Å². The van der Waals surface area contributed by atoms with Crippen LogP contribution in [0, 0.1) is 0 Å². The summed E-state index contributed by atoms with van der Waals surface area (Å²) in [6, 6.07) is 22.7. The van der Waals surface area contributed by atoms with Crippen molar-refractivity contribution in [2.45, 2.75) is 5.16 Å². The number of thioether (sulfide) groups is 1. The van der Waals surface area contributed by atoms with Crippen molar-refractivity contribution in [1.82, 2.24) is 15.0 Å². The van der Waals surface area contributed by atoms with Crippen LogP contribution in [0.15, 0.2) is 78.1 Å². The van der Waals surface area contributed by atoms with Gasteiger partial charge in [0.25, 0.3) is 0 Å². The predicted octanol–water partition coefficient (Wildman–Crippen LogP) is 5.08. The summed E-state index contributed by atoms with van der Waals surface area (Å²) in [5.41, 5.74) is 4.99. The van der Waals surface area contributed by atoms with Crippen molar-refractivity contribution in [2.75, 3.05) is 6.26 Å². The number of benzene rings is 2. The number of pyridine rings is 1. The van der Waals surface area contributed by atoms with Crippen molar-refractivity contribution in [3.8, 4) is 22.4 Å². The van der Waals surface area contributed by atoms with Crippen LogP contribution in [-0.2, 0) is 0 Å². The van der Waals surface area contributed by atoms with Crippen molar-refractivity contribution >= 4 is 22.8 Å². The van der Waals surface area contributed by atoms with Crippen molar-refractivity contribution in [1.29, 1.82) is 0 Å². The van der Waals surface area contributed by atoms with Crippen LogP contribution >= 0.6 is 11.8 Å². The zero-order valence-electron chi connectivity index (χ0n) is 13.2. The molecule has 4 rings (SSSR count). The zero-order valence-corrected chi connectivity index (χ0v) is 14.0. The van der Waals surface area contributed by atoms with E-state index >= 15 is 0 Å². The van der Waals surface area contributed by atoms with Crippen LogP contribution in [-0.4, -0.2) is 21.2 Å². The highest BCUT2D eigenvalue weighted by molar-refractivity contribution is 7.98. The second-order valence-electron chi connectivity index (χ2n) is 5.39. The van der Waals surface area contributed by atoms with Crippen LogP contribution in [0.4, 0.5) is 0 Å². The summed E-state index contributed by atoms with van der Waals surface area (Å²) >= 11 is 1.52. The summed E-state index contributed by atoms with van der Waals surface area (Å²) in [4.78, 5) is 13.8. The average Bonchev–Trinajstić information content (AvgIpc) is 2.68. The van der Waals surface area contributed by atoms with Crippen molar-refractivity contribution in [2.24, 2.45) is 0 Å². The Morgan fingerprint density at radius 2 is 1.46 bits per heavy atom. The van der Waals surface area contributed by atoms with Gasteiger partial charge in [-0.05, 0) is 17.9 Å². The van der Waals surface area contributed by atoms with Crippen LogP contribution in [0.3, 0.4) is 0 Å². The largest absolute Gasteiger partial charge is 0.230 e. The summed E-state index contributed by atoms with van der Waals surface area (Å²) in [5.74, 6) is 0. The maximum atomic E-state index is 4.87. The summed E-state index contributed by atoms with van der Waals surface area (Å²) in [5, 5.41) is 1.69. The molecular formula is C20H15N3S. The molecule has 0 bridgehead atoms. The lowest BCUT2D eigenvalue weighted by Crippen LogP contribution is -1.95. The Labute approximate surface area is 144 Å². The smallest absolute Gasteiger partial charge is 0.189 e. The molecule has 0 amide bonds. The summed E-state index contributed by atoms with van der Waals surface area (Å²) in [6.45, 7) is 0. The average molecular weight is 329 g/mol.